The molecule has 0 saturated heterocycles. The van der Waals surface area contributed by atoms with Crippen molar-refractivity contribution in [1.29, 1.82) is 0 Å². The Hall–Kier alpha value is -0.760. The zero-order valence-electron chi connectivity index (χ0n) is 6.84. The molecule has 0 radical (unpaired) electrons. The molecular formula is C9H13NO. The Kier molecular flexibility index (Phi) is 1.70. The van der Waals surface area contributed by atoms with Gasteiger partial charge >= 0.3 is 0 Å². The van der Waals surface area contributed by atoms with Crippen molar-refractivity contribution in [3.8, 4) is 0 Å². The van der Waals surface area contributed by atoms with Crippen LogP contribution in [-0.2, 0) is 24.6 Å². The Labute approximate surface area is 66.8 Å². The molecular weight excluding hydrogens is 138 g/mol. The first kappa shape index (κ1) is 6.92. The molecule has 2 heterocycles. The quantitative estimate of drug-likeness (QED) is 0.542. The number of hydrogen-bond acceptors (Lipinski definition) is 1. The Morgan fingerprint density at radius 2 is 2.18 bits per heavy atom. The standard InChI is InChI=1S/C9H13NO/c1-10-5-2-8-3-6-11-7-4-9(8)10/h2,5H,3-4,6-7H2,1H3. The van der Waals surface area contributed by atoms with Gasteiger partial charge in [-0.2, -0.15) is 0 Å². The minimum absolute atomic E-state index is 0.880. The molecule has 2 heteroatoms. The van der Waals surface area contributed by atoms with E-state index in [1.54, 1.807) is 0 Å². The van der Waals surface area contributed by atoms with Crippen LogP contribution in [0.5, 0.6) is 0 Å². The highest BCUT2D eigenvalue weighted by Gasteiger charge is 2.09. The monoisotopic (exact) mass is 151 g/mol. The smallest absolute Gasteiger partial charge is 0.0521 e. The van der Waals surface area contributed by atoms with E-state index >= 15 is 0 Å². The largest absolute Gasteiger partial charge is 0.381 e. The van der Waals surface area contributed by atoms with Crippen molar-refractivity contribution in [1.82, 2.24) is 4.57 Å². The van der Waals surface area contributed by atoms with Crippen LogP contribution in [0.15, 0.2) is 12.3 Å². The van der Waals surface area contributed by atoms with Gasteiger partial charge in [0.1, 0.15) is 0 Å². The van der Waals surface area contributed by atoms with Gasteiger partial charge < -0.3 is 9.30 Å². The highest BCUT2D eigenvalue weighted by Crippen LogP contribution is 2.14. The predicted molar refractivity (Wildman–Crippen MR) is 43.6 cm³/mol. The first-order valence-electron chi connectivity index (χ1n) is 4.09. The zero-order chi connectivity index (χ0) is 7.68. The van der Waals surface area contributed by atoms with E-state index in [0.717, 1.165) is 26.1 Å². The fourth-order valence-corrected chi connectivity index (χ4v) is 1.63. The van der Waals surface area contributed by atoms with Gasteiger partial charge in [0.15, 0.2) is 0 Å². The third-order valence-electron chi connectivity index (χ3n) is 2.29. The van der Waals surface area contributed by atoms with E-state index in [1.165, 1.54) is 11.3 Å². The summed E-state index contributed by atoms with van der Waals surface area (Å²) in [5.41, 5.74) is 2.91. The third-order valence-corrected chi connectivity index (χ3v) is 2.29. The fourth-order valence-electron chi connectivity index (χ4n) is 1.63. The third kappa shape index (κ3) is 1.18. The maximum Gasteiger partial charge on any atom is 0.0521 e. The average Bonchev–Trinajstić information content (AvgIpc) is 2.25. The van der Waals surface area contributed by atoms with Crippen LogP contribution in [0.3, 0.4) is 0 Å². The summed E-state index contributed by atoms with van der Waals surface area (Å²) < 4.78 is 7.58. The van der Waals surface area contributed by atoms with Gasteiger partial charge in [-0.15, -0.1) is 0 Å². The molecule has 0 saturated carbocycles. The summed E-state index contributed by atoms with van der Waals surface area (Å²) in [7, 11) is 2.10. The van der Waals surface area contributed by atoms with Crippen molar-refractivity contribution in [3.63, 3.8) is 0 Å². The van der Waals surface area contributed by atoms with Gasteiger partial charge in [-0.1, -0.05) is 0 Å². The van der Waals surface area contributed by atoms with Crippen LogP contribution in [0.4, 0.5) is 0 Å². The van der Waals surface area contributed by atoms with E-state index in [-0.39, 0.29) is 0 Å². The summed E-state index contributed by atoms with van der Waals surface area (Å²) >= 11 is 0. The molecule has 0 amide bonds. The molecule has 1 aliphatic rings. The SMILES string of the molecule is Cn1ccc2c1CCOCC2. The van der Waals surface area contributed by atoms with E-state index in [2.05, 4.69) is 23.9 Å². The highest BCUT2D eigenvalue weighted by molar-refractivity contribution is 5.23. The molecule has 0 N–H and O–H groups in total. The first-order valence-corrected chi connectivity index (χ1v) is 4.09. The van der Waals surface area contributed by atoms with Gasteiger partial charge in [-0.05, 0) is 18.1 Å². The van der Waals surface area contributed by atoms with E-state index in [1.807, 2.05) is 0 Å². The lowest BCUT2D eigenvalue weighted by Crippen LogP contribution is -1.99. The van der Waals surface area contributed by atoms with Gasteiger partial charge in [-0.25, -0.2) is 0 Å². The summed E-state index contributed by atoms with van der Waals surface area (Å²) in [4.78, 5) is 0. The topological polar surface area (TPSA) is 14.2 Å². The average molecular weight is 151 g/mol. The summed E-state index contributed by atoms with van der Waals surface area (Å²) in [5.74, 6) is 0. The molecule has 11 heavy (non-hydrogen) atoms. The minimum Gasteiger partial charge on any atom is -0.381 e. The van der Waals surface area contributed by atoms with Gasteiger partial charge in [0, 0.05) is 25.4 Å². The summed E-state index contributed by atoms with van der Waals surface area (Å²) in [6.07, 6.45) is 4.28. The van der Waals surface area contributed by atoms with Gasteiger partial charge in [0.2, 0.25) is 0 Å². The van der Waals surface area contributed by atoms with Crippen LogP contribution in [0.2, 0.25) is 0 Å². The molecule has 60 valence electrons. The molecule has 2 nitrogen and oxygen atoms in total. The number of aryl methyl sites for hydroxylation is 1. The van der Waals surface area contributed by atoms with Crippen molar-refractivity contribution >= 4 is 0 Å². The summed E-state index contributed by atoms with van der Waals surface area (Å²) in [6.45, 7) is 1.77. The number of hydrogen-bond donors (Lipinski definition) is 0. The second-order valence-corrected chi connectivity index (χ2v) is 3.01. The molecule has 0 aromatic carbocycles. The molecule has 2 rings (SSSR count). The molecule has 0 aliphatic carbocycles. The Bertz CT molecular complexity index is 252. The van der Waals surface area contributed by atoms with Crippen molar-refractivity contribution < 1.29 is 4.74 Å². The van der Waals surface area contributed by atoms with E-state index in [9.17, 15) is 0 Å². The molecule has 0 spiro atoms. The summed E-state index contributed by atoms with van der Waals surface area (Å²) in [6, 6.07) is 2.20. The molecule has 0 bridgehead atoms. The molecule has 0 atom stereocenters. The molecule has 1 aromatic heterocycles. The highest BCUT2D eigenvalue weighted by atomic mass is 16.5. The Balaban J connectivity index is 2.35. The Morgan fingerprint density at radius 1 is 1.36 bits per heavy atom. The fraction of sp³-hybridized carbons (Fsp3) is 0.556. The number of aromatic nitrogens is 1. The molecule has 1 aromatic rings. The normalized spacial score (nSPS) is 17.5. The van der Waals surface area contributed by atoms with Gasteiger partial charge in [0.25, 0.3) is 0 Å². The lowest BCUT2D eigenvalue weighted by molar-refractivity contribution is 0.145. The number of nitrogens with zero attached hydrogens (tertiary/aromatic N) is 1. The van der Waals surface area contributed by atoms with Crippen molar-refractivity contribution in [2.24, 2.45) is 7.05 Å². The minimum atomic E-state index is 0.880. The Morgan fingerprint density at radius 3 is 3.09 bits per heavy atom. The number of ether oxygens (including phenoxy) is 1. The van der Waals surface area contributed by atoms with Gasteiger partial charge in [-0.3, -0.25) is 0 Å². The van der Waals surface area contributed by atoms with E-state index < -0.39 is 0 Å². The number of rotatable bonds is 0. The van der Waals surface area contributed by atoms with Crippen molar-refractivity contribution in [2.45, 2.75) is 12.8 Å². The van der Waals surface area contributed by atoms with Crippen LogP contribution in [0.25, 0.3) is 0 Å². The number of fused-ring (bicyclic) bond motifs is 1. The lowest BCUT2D eigenvalue weighted by atomic mass is 10.1. The van der Waals surface area contributed by atoms with Crippen molar-refractivity contribution in [2.75, 3.05) is 13.2 Å². The van der Waals surface area contributed by atoms with Crippen LogP contribution in [0.1, 0.15) is 11.3 Å². The van der Waals surface area contributed by atoms with Gasteiger partial charge in [0.05, 0.1) is 13.2 Å². The molecule has 1 aliphatic heterocycles. The van der Waals surface area contributed by atoms with Crippen LogP contribution < -0.4 is 0 Å². The predicted octanol–water partition coefficient (Wildman–Crippen LogP) is 1.14. The van der Waals surface area contributed by atoms with Crippen molar-refractivity contribution in [3.05, 3.63) is 23.5 Å². The van der Waals surface area contributed by atoms with E-state index in [4.69, 9.17) is 4.74 Å². The second-order valence-electron chi connectivity index (χ2n) is 3.01. The van der Waals surface area contributed by atoms with E-state index in [0.29, 0.717) is 0 Å². The maximum absolute atomic E-state index is 5.38. The zero-order valence-corrected chi connectivity index (χ0v) is 6.84. The lowest BCUT2D eigenvalue weighted by Gasteiger charge is -2.00. The molecule has 0 fully saturated rings. The summed E-state index contributed by atoms with van der Waals surface area (Å²) in [5, 5.41) is 0. The molecule has 0 unspecified atom stereocenters. The van der Waals surface area contributed by atoms with Crippen LogP contribution in [-0.4, -0.2) is 17.8 Å². The maximum atomic E-state index is 5.38. The second kappa shape index (κ2) is 2.70. The van der Waals surface area contributed by atoms with Crippen LogP contribution >= 0.6 is 0 Å². The van der Waals surface area contributed by atoms with Crippen LogP contribution in [0, 0.1) is 0 Å². The first-order chi connectivity index (χ1) is 5.38.